The maximum absolute atomic E-state index is 5.58. The molecule has 0 spiro atoms. The average molecular weight is 206 g/mol. The Morgan fingerprint density at radius 2 is 2.07 bits per heavy atom. The Morgan fingerprint density at radius 1 is 1.33 bits per heavy atom. The standard InChI is InChI=1S/C13H22N2/c1-11-5-4-6-12(9-11)15-10-13(2,3)7-8-14/h4-6,9,15H,7-8,10,14H2,1-3H3. The lowest BCUT2D eigenvalue weighted by molar-refractivity contribution is 0.365. The summed E-state index contributed by atoms with van der Waals surface area (Å²) in [6.45, 7) is 8.30. The van der Waals surface area contributed by atoms with Crippen LogP contribution >= 0.6 is 0 Å². The van der Waals surface area contributed by atoms with Gasteiger partial charge in [0, 0.05) is 12.2 Å². The summed E-state index contributed by atoms with van der Waals surface area (Å²) in [6.07, 6.45) is 1.05. The van der Waals surface area contributed by atoms with Gasteiger partial charge in [-0.1, -0.05) is 26.0 Å². The second-order valence-corrected chi connectivity index (χ2v) is 4.93. The van der Waals surface area contributed by atoms with Crippen molar-refractivity contribution in [3.05, 3.63) is 29.8 Å². The summed E-state index contributed by atoms with van der Waals surface area (Å²) in [5.74, 6) is 0. The van der Waals surface area contributed by atoms with Gasteiger partial charge in [-0.2, -0.15) is 0 Å². The zero-order valence-electron chi connectivity index (χ0n) is 10.0. The largest absolute Gasteiger partial charge is 0.385 e. The van der Waals surface area contributed by atoms with E-state index in [2.05, 4.69) is 50.4 Å². The molecule has 0 amide bonds. The fourth-order valence-electron chi connectivity index (χ4n) is 1.58. The smallest absolute Gasteiger partial charge is 0.0342 e. The molecule has 0 heterocycles. The Morgan fingerprint density at radius 3 is 2.67 bits per heavy atom. The minimum atomic E-state index is 0.262. The molecule has 0 saturated heterocycles. The Bertz CT molecular complexity index is 305. The van der Waals surface area contributed by atoms with Crippen molar-refractivity contribution in [1.29, 1.82) is 0 Å². The normalized spacial score (nSPS) is 11.5. The third-order valence-electron chi connectivity index (χ3n) is 2.61. The van der Waals surface area contributed by atoms with Crippen LogP contribution in [0.2, 0.25) is 0 Å². The van der Waals surface area contributed by atoms with Crippen LogP contribution in [0.3, 0.4) is 0 Å². The molecule has 0 unspecified atom stereocenters. The number of nitrogens with one attached hydrogen (secondary N) is 1. The maximum Gasteiger partial charge on any atom is 0.0342 e. The van der Waals surface area contributed by atoms with Gasteiger partial charge in [0.1, 0.15) is 0 Å². The second-order valence-electron chi connectivity index (χ2n) is 4.93. The molecular formula is C13H22N2. The predicted octanol–water partition coefficient (Wildman–Crippen LogP) is 2.78. The molecule has 1 aromatic carbocycles. The summed E-state index contributed by atoms with van der Waals surface area (Å²) in [4.78, 5) is 0. The molecule has 84 valence electrons. The number of hydrogen-bond donors (Lipinski definition) is 2. The highest BCUT2D eigenvalue weighted by atomic mass is 14.9. The lowest BCUT2D eigenvalue weighted by Gasteiger charge is -2.24. The molecule has 1 rings (SSSR count). The van der Waals surface area contributed by atoms with Crippen molar-refractivity contribution in [3.8, 4) is 0 Å². The van der Waals surface area contributed by atoms with Crippen LogP contribution in [-0.2, 0) is 0 Å². The first-order valence-electron chi connectivity index (χ1n) is 5.54. The lowest BCUT2D eigenvalue weighted by atomic mass is 9.89. The Hall–Kier alpha value is -1.02. The van der Waals surface area contributed by atoms with Gasteiger partial charge in [-0.25, -0.2) is 0 Å². The van der Waals surface area contributed by atoms with E-state index in [1.165, 1.54) is 11.3 Å². The van der Waals surface area contributed by atoms with Crippen molar-refractivity contribution in [2.45, 2.75) is 27.2 Å². The molecular weight excluding hydrogens is 184 g/mol. The minimum Gasteiger partial charge on any atom is -0.385 e. The zero-order chi connectivity index (χ0) is 11.3. The topological polar surface area (TPSA) is 38.0 Å². The summed E-state index contributed by atoms with van der Waals surface area (Å²) >= 11 is 0. The fourth-order valence-corrected chi connectivity index (χ4v) is 1.58. The van der Waals surface area contributed by atoms with Crippen molar-refractivity contribution >= 4 is 5.69 Å². The zero-order valence-corrected chi connectivity index (χ0v) is 10.0. The highest BCUT2D eigenvalue weighted by molar-refractivity contribution is 5.45. The van der Waals surface area contributed by atoms with E-state index in [1.54, 1.807) is 0 Å². The van der Waals surface area contributed by atoms with Crippen molar-refractivity contribution < 1.29 is 0 Å². The maximum atomic E-state index is 5.58. The summed E-state index contributed by atoms with van der Waals surface area (Å²) < 4.78 is 0. The molecule has 3 N–H and O–H groups in total. The third-order valence-corrected chi connectivity index (χ3v) is 2.61. The van der Waals surface area contributed by atoms with Crippen LogP contribution in [0.4, 0.5) is 5.69 Å². The molecule has 15 heavy (non-hydrogen) atoms. The molecule has 0 aliphatic rings. The minimum absolute atomic E-state index is 0.262. The monoisotopic (exact) mass is 206 g/mol. The van der Waals surface area contributed by atoms with Crippen LogP contribution in [0.5, 0.6) is 0 Å². The molecule has 0 aliphatic heterocycles. The summed E-state index contributed by atoms with van der Waals surface area (Å²) in [7, 11) is 0. The number of rotatable bonds is 5. The van der Waals surface area contributed by atoms with Gasteiger partial charge in [0.2, 0.25) is 0 Å². The number of anilines is 1. The van der Waals surface area contributed by atoms with Gasteiger partial charge in [-0.15, -0.1) is 0 Å². The molecule has 1 aromatic rings. The third kappa shape index (κ3) is 4.34. The molecule has 2 heteroatoms. The van der Waals surface area contributed by atoms with Gasteiger partial charge in [0.05, 0.1) is 0 Å². The van der Waals surface area contributed by atoms with E-state index >= 15 is 0 Å². The molecule has 0 saturated carbocycles. The molecule has 0 fully saturated rings. The average Bonchev–Trinajstić information content (AvgIpc) is 2.15. The lowest BCUT2D eigenvalue weighted by Crippen LogP contribution is -2.26. The van der Waals surface area contributed by atoms with Gasteiger partial charge in [0.15, 0.2) is 0 Å². The quantitative estimate of drug-likeness (QED) is 0.777. The van der Waals surface area contributed by atoms with Crippen molar-refractivity contribution in [2.24, 2.45) is 11.1 Å². The summed E-state index contributed by atoms with van der Waals surface area (Å²) in [5.41, 5.74) is 8.33. The first-order chi connectivity index (χ1) is 7.03. The SMILES string of the molecule is Cc1cccc(NCC(C)(C)CCN)c1. The van der Waals surface area contributed by atoms with Gasteiger partial charge < -0.3 is 11.1 Å². The number of aryl methyl sites for hydroxylation is 1. The Kier molecular flexibility index (Phi) is 4.15. The number of benzene rings is 1. The van der Waals surface area contributed by atoms with Gasteiger partial charge in [-0.05, 0) is 43.0 Å². The van der Waals surface area contributed by atoms with Crippen LogP contribution in [0, 0.1) is 12.3 Å². The molecule has 0 radical (unpaired) electrons. The molecule has 2 nitrogen and oxygen atoms in total. The first kappa shape index (κ1) is 12.1. The summed E-state index contributed by atoms with van der Waals surface area (Å²) in [5, 5.41) is 3.46. The van der Waals surface area contributed by atoms with Gasteiger partial charge >= 0.3 is 0 Å². The van der Waals surface area contributed by atoms with E-state index < -0.39 is 0 Å². The molecule has 0 bridgehead atoms. The Balaban J connectivity index is 2.49. The van der Waals surface area contributed by atoms with E-state index in [0.717, 1.165) is 19.5 Å². The number of hydrogen-bond acceptors (Lipinski definition) is 2. The number of nitrogens with two attached hydrogens (primary N) is 1. The van der Waals surface area contributed by atoms with E-state index in [4.69, 9.17) is 5.73 Å². The van der Waals surface area contributed by atoms with Crippen molar-refractivity contribution in [2.75, 3.05) is 18.4 Å². The highest BCUT2D eigenvalue weighted by Gasteiger charge is 2.15. The van der Waals surface area contributed by atoms with Crippen LogP contribution in [0.15, 0.2) is 24.3 Å². The second kappa shape index (κ2) is 5.17. The highest BCUT2D eigenvalue weighted by Crippen LogP contribution is 2.20. The van der Waals surface area contributed by atoms with Crippen LogP contribution in [-0.4, -0.2) is 13.1 Å². The fraction of sp³-hybridized carbons (Fsp3) is 0.538. The van der Waals surface area contributed by atoms with Gasteiger partial charge in [0.25, 0.3) is 0 Å². The molecule has 0 aliphatic carbocycles. The first-order valence-corrected chi connectivity index (χ1v) is 5.54. The van der Waals surface area contributed by atoms with E-state index in [1.807, 2.05) is 0 Å². The predicted molar refractivity (Wildman–Crippen MR) is 67.1 cm³/mol. The van der Waals surface area contributed by atoms with E-state index in [0.29, 0.717) is 0 Å². The Labute approximate surface area is 92.9 Å². The van der Waals surface area contributed by atoms with Crippen LogP contribution in [0.1, 0.15) is 25.8 Å². The van der Waals surface area contributed by atoms with Crippen LogP contribution < -0.4 is 11.1 Å². The van der Waals surface area contributed by atoms with E-state index in [-0.39, 0.29) is 5.41 Å². The molecule has 0 aromatic heterocycles. The van der Waals surface area contributed by atoms with Gasteiger partial charge in [-0.3, -0.25) is 0 Å². The van der Waals surface area contributed by atoms with Crippen molar-refractivity contribution in [1.82, 2.24) is 0 Å². The summed E-state index contributed by atoms with van der Waals surface area (Å²) in [6, 6.07) is 8.45. The van der Waals surface area contributed by atoms with Crippen LogP contribution in [0.25, 0.3) is 0 Å². The molecule has 0 atom stereocenters. The van der Waals surface area contributed by atoms with Crippen molar-refractivity contribution in [3.63, 3.8) is 0 Å². The van der Waals surface area contributed by atoms with E-state index in [9.17, 15) is 0 Å².